The first-order valence-electron chi connectivity index (χ1n) is 2.77. The van der Waals surface area contributed by atoms with Crippen LogP contribution in [-0.4, -0.2) is 18.1 Å². The Labute approximate surface area is 70.0 Å². The van der Waals surface area contributed by atoms with Crippen molar-refractivity contribution in [3.63, 3.8) is 0 Å². The van der Waals surface area contributed by atoms with Gasteiger partial charge in [0.15, 0.2) is 0 Å². The second kappa shape index (κ2) is 3.53. The molecule has 0 radical (unpaired) electrons. The van der Waals surface area contributed by atoms with Crippen LogP contribution in [0.3, 0.4) is 0 Å². The molecule has 0 amide bonds. The quantitative estimate of drug-likeness (QED) is 0.569. The summed E-state index contributed by atoms with van der Waals surface area (Å²) in [5, 5.41) is 8.80. The van der Waals surface area contributed by atoms with Crippen molar-refractivity contribution in [2.24, 2.45) is 0 Å². The summed E-state index contributed by atoms with van der Waals surface area (Å²) >= 11 is 0. The molecular formula is C6H9NO4S. The normalized spacial score (nSPS) is 10.4. The van der Waals surface area contributed by atoms with Crippen molar-refractivity contribution < 1.29 is 18.1 Å². The second-order valence-electron chi connectivity index (χ2n) is 1.97. The third-order valence-electron chi connectivity index (χ3n) is 1.12. The molecule has 1 aromatic rings. The highest BCUT2D eigenvalue weighted by molar-refractivity contribution is 7.85. The Morgan fingerprint density at radius 3 is 2.17 bits per heavy atom. The largest absolute Gasteiger partial charge is 0.508 e. The monoisotopic (exact) mass is 191 g/mol. The Morgan fingerprint density at radius 1 is 1.25 bits per heavy atom. The zero-order valence-electron chi connectivity index (χ0n) is 6.14. The Kier molecular flexibility index (Phi) is 3.20. The number of benzene rings is 1. The van der Waals surface area contributed by atoms with Gasteiger partial charge in [-0.25, -0.2) is 0 Å². The van der Waals surface area contributed by atoms with E-state index >= 15 is 0 Å². The lowest BCUT2D eigenvalue weighted by Gasteiger charge is -1.95. The summed E-state index contributed by atoms with van der Waals surface area (Å²) in [4.78, 5) is -0.308. The van der Waals surface area contributed by atoms with E-state index in [0.717, 1.165) is 6.07 Å². The summed E-state index contributed by atoms with van der Waals surface area (Å²) in [6, 6.07) is 4.80. The van der Waals surface area contributed by atoms with E-state index in [4.69, 9.17) is 9.66 Å². The minimum absolute atomic E-state index is 0. The molecular weight excluding hydrogens is 182 g/mol. The van der Waals surface area contributed by atoms with Gasteiger partial charge < -0.3 is 11.3 Å². The van der Waals surface area contributed by atoms with Crippen molar-refractivity contribution >= 4 is 10.1 Å². The molecule has 12 heavy (non-hydrogen) atoms. The van der Waals surface area contributed by atoms with Crippen LogP contribution in [-0.2, 0) is 10.1 Å². The lowest BCUT2D eigenvalue weighted by Crippen LogP contribution is -1.96. The number of phenols is 1. The molecule has 0 saturated carbocycles. The highest BCUT2D eigenvalue weighted by Gasteiger charge is 2.08. The number of rotatable bonds is 1. The lowest BCUT2D eigenvalue weighted by molar-refractivity contribution is 0.466. The molecule has 0 unspecified atom stereocenters. The minimum atomic E-state index is -4.19. The van der Waals surface area contributed by atoms with E-state index in [1.54, 1.807) is 0 Å². The Bertz CT molecular complexity index is 360. The van der Waals surface area contributed by atoms with Crippen LogP contribution in [0, 0.1) is 0 Å². The summed E-state index contributed by atoms with van der Waals surface area (Å²) in [5.74, 6) is -0.194. The minimum Gasteiger partial charge on any atom is -0.508 e. The van der Waals surface area contributed by atoms with Crippen molar-refractivity contribution in [3.8, 4) is 5.75 Å². The van der Waals surface area contributed by atoms with Crippen LogP contribution in [0.4, 0.5) is 0 Å². The van der Waals surface area contributed by atoms with Crippen LogP contribution in [0.25, 0.3) is 0 Å². The van der Waals surface area contributed by atoms with Gasteiger partial charge in [0.25, 0.3) is 10.1 Å². The number of hydrogen-bond acceptors (Lipinski definition) is 4. The summed E-state index contributed by atoms with van der Waals surface area (Å²) in [6.07, 6.45) is 0. The smallest absolute Gasteiger partial charge is 0.294 e. The van der Waals surface area contributed by atoms with Crippen molar-refractivity contribution in [2.75, 3.05) is 0 Å². The van der Waals surface area contributed by atoms with Gasteiger partial charge in [-0.05, 0) is 12.1 Å². The SMILES string of the molecule is N.O=S(=O)(O)c1cccc(O)c1. The van der Waals surface area contributed by atoms with Gasteiger partial charge in [0.05, 0.1) is 4.90 Å². The van der Waals surface area contributed by atoms with E-state index in [0.29, 0.717) is 0 Å². The maximum Gasteiger partial charge on any atom is 0.294 e. The van der Waals surface area contributed by atoms with Crippen LogP contribution < -0.4 is 6.15 Å². The predicted molar refractivity (Wildman–Crippen MR) is 42.9 cm³/mol. The zero-order valence-corrected chi connectivity index (χ0v) is 6.95. The molecule has 1 rings (SSSR count). The van der Waals surface area contributed by atoms with Gasteiger partial charge in [-0.15, -0.1) is 0 Å². The van der Waals surface area contributed by atoms with Crippen LogP contribution in [0.1, 0.15) is 0 Å². The third kappa shape index (κ3) is 2.50. The highest BCUT2D eigenvalue weighted by Crippen LogP contribution is 2.14. The van der Waals surface area contributed by atoms with Gasteiger partial charge in [-0.2, -0.15) is 8.42 Å². The third-order valence-corrected chi connectivity index (χ3v) is 1.97. The standard InChI is InChI=1S/C6H6O4S.H3N/c7-5-2-1-3-6(4-5)11(8,9)10;/h1-4,7H,(H,8,9,10);1H3. The zero-order chi connectivity index (χ0) is 8.48. The van der Waals surface area contributed by atoms with Crippen molar-refractivity contribution in [1.29, 1.82) is 0 Å². The van der Waals surface area contributed by atoms with E-state index in [-0.39, 0.29) is 16.8 Å². The molecule has 0 aliphatic heterocycles. The van der Waals surface area contributed by atoms with Crippen LogP contribution >= 0.6 is 0 Å². The first-order valence-corrected chi connectivity index (χ1v) is 4.21. The number of hydrogen-bond donors (Lipinski definition) is 3. The molecule has 0 fully saturated rings. The summed E-state index contributed by atoms with van der Waals surface area (Å²) in [7, 11) is -4.19. The fourth-order valence-electron chi connectivity index (χ4n) is 0.644. The topological polar surface area (TPSA) is 110 Å². The maximum absolute atomic E-state index is 10.4. The molecule has 0 aromatic heterocycles. The second-order valence-corrected chi connectivity index (χ2v) is 3.39. The van der Waals surface area contributed by atoms with Gasteiger partial charge in [-0.1, -0.05) is 6.07 Å². The van der Waals surface area contributed by atoms with Crippen LogP contribution in [0.5, 0.6) is 5.75 Å². The summed E-state index contributed by atoms with van der Waals surface area (Å²) in [6.45, 7) is 0. The molecule has 1 aromatic carbocycles. The molecule has 5 N–H and O–H groups in total. The molecule has 0 spiro atoms. The first kappa shape index (κ1) is 10.9. The van der Waals surface area contributed by atoms with Gasteiger partial charge in [0.2, 0.25) is 0 Å². The number of phenolic OH excluding ortho intramolecular Hbond substituents is 1. The highest BCUT2D eigenvalue weighted by atomic mass is 32.2. The Hall–Kier alpha value is -1.11. The molecule has 0 saturated heterocycles. The van der Waals surface area contributed by atoms with E-state index in [9.17, 15) is 8.42 Å². The van der Waals surface area contributed by atoms with Crippen molar-refractivity contribution in [2.45, 2.75) is 4.90 Å². The van der Waals surface area contributed by atoms with E-state index < -0.39 is 10.1 Å². The molecule has 5 nitrogen and oxygen atoms in total. The summed E-state index contributed by atoms with van der Waals surface area (Å²) < 4.78 is 29.3. The molecule has 6 heteroatoms. The average Bonchev–Trinajstić information content (AvgIpc) is 1.86. The fraction of sp³-hybridized carbons (Fsp3) is 0. The van der Waals surface area contributed by atoms with Crippen LogP contribution in [0.15, 0.2) is 29.2 Å². The predicted octanol–water partition coefficient (Wildman–Crippen LogP) is 0.801. The first-order chi connectivity index (χ1) is 5.00. The summed E-state index contributed by atoms with van der Waals surface area (Å²) in [5.41, 5.74) is 0. The molecule has 0 aliphatic rings. The van der Waals surface area contributed by atoms with Gasteiger partial charge in [0, 0.05) is 6.07 Å². The van der Waals surface area contributed by atoms with E-state index in [2.05, 4.69) is 0 Å². The molecule has 0 aliphatic carbocycles. The van der Waals surface area contributed by atoms with Crippen molar-refractivity contribution in [3.05, 3.63) is 24.3 Å². The van der Waals surface area contributed by atoms with Gasteiger partial charge >= 0.3 is 0 Å². The molecule has 0 bridgehead atoms. The average molecular weight is 191 g/mol. The fourth-order valence-corrected chi connectivity index (χ4v) is 1.16. The van der Waals surface area contributed by atoms with E-state index in [1.165, 1.54) is 18.2 Å². The molecule has 68 valence electrons. The lowest BCUT2D eigenvalue weighted by atomic mass is 10.3. The van der Waals surface area contributed by atoms with Gasteiger partial charge in [0.1, 0.15) is 5.75 Å². The van der Waals surface area contributed by atoms with Gasteiger partial charge in [-0.3, -0.25) is 4.55 Å². The van der Waals surface area contributed by atoms with Crippen molar-refractivity contribution in [1.82, 2.24) is 6.15 Å². The Morgan fingerprint density at radius 2 is 1.83 bits per heavy atom. The Balaban J connectivity index is 0.00000121. The molecule has 0 atom stereocenters. The number of aromatic hydroxyl groups is 1. The van der Waals surface area contributed by atoms with E-state index in [1.807, 2.05) is 0 Å². The van der Waals surface area contributed by atoms with Crippen LogP contribution in [0.2, 0.25) is 0 Å². The maximum atomic E-state index is 10.4. The molecule has 0 heterocycles.